The number of para-hydroxylation sites is 1. The molecule has 134 valence electrons. The monoisotopic (exact) mass is 366 g/mol. The van der Waals surface area contributed by atoms with E-state index in [-0.39, 0.29) is 24.5 Å². The number of rotatable bonds is 7. The van der Waals surface area contributed by atoms with Gasteiger partial charge in [-0.1, -0.05) is 24.3 Å². The molecular formula is C21H22N2O2S. The van der Waals surface area contributed by atoms with Gasteiger partial charge in [0.2, 0.25) is 5.91 Å². The van der Waals surface area contributed by atoms with Crippen LogP contribution in [0.2, 0.25) is 0 Å². The van der Waals surface area contributed by atoms with Gasteiger partial charge in [0.1, 0.15) is 0 Å². The molecule has 4 nitrogen and oxygen atoms in total. The van der Waals surface area contributed by atoms with Crippen LogP contribution in [0, 0.1) is 13.8 Å². The molecule has 1 heterocycles. The van der Waals surface area contributed by atoms with Crippen LogP contribution in [0.25, 0.3) is 10.2 Å². The normalized spacial score (nSPS) is 10.8. The zero-order valence-corrected chi connectivity index (χ0v) is 15.9. The quantitative estimate of drug-likeness (QED) is 0.637. The highest BCUT2D eigenvalue weighted by Crippen LogP contribution is 2.21. The van der Waals surface area contributed by atoms with Gasteiger partial charge in [-0.2, -0.15) is 0 Å². The van der Waals surface area contributed by atoms with Gasteiger partial charge in [0.25, 0.3) is 0 Å². The first-order chi connectivity index (χ1) is 12.5. The van der Waals surface area contributed by atoms with Crippen LogP contribution in [-0.2, 0) is 11.2 Å². The van der Waals surface area contributed by atoms with Crippen LogP contribution in [0.5, 0.6) is 0 Å². The van der Waals surface area contributed by atoms with Crippen LogP contribution in [0.1, 0.15) is 39.3 Å². The molecule has 3 rings (SSSR count). The molecule has 2 aromatic carbocycles. The maximum absolute atomic E-state index is 12.2. The van der Waals surface area contributed by atoms with Crippen molar-refractivity contribution in [1.82, 2.24) is 10.3 Å². The molecular weight excluding hydrogens is 344 g/mol. The number of hydrogen-bond acceptors (Lipinski definition) is 4. The van der Waals surface area contributed by atoms with Gasteiger partial charge in [-0.15, -0.1) is 11.3 Å². The summed E-state index contributed by atoms with van der Waals surface area (Å²) in [7, 11) is 0. The van der Waals surface area contributed by atoms with E-state index in [1.807, 2.05) is 56.3 Å². The Bertz CT molecular complexity index is 913. The van der Waals surface area contributed by atoms with E-state index < -0.39 is 0 Å². The lowest BCUT2D eigenvalue weighted by Crippen LogP contribution is -2.26. The van der Waals surface area contributed by atoms with Crippen molar-refractivity contribution in [2.24, 2.45) is 0 Å². The number of benzene rings is 2. The summed E-state index contributed by atoms with van der Waals surface area (Å²) >= 11 is 1.65. The van der Waals surface area contributed by atoms with Crippen LogP contribution in [-0.4, -0.2) is 23.2 Å². The number of thiazole rings is 1. The minimum atomic E-state index is -0.0942. The Morgan fingerprint density at radius 2 is 1.85 bits per heavy atom. The smallest absolute Gasteiger partial charge is 0.220 e. The fourth-order valence-electron chi connectivity index (χ4n) is 2.71. The Hall–Kier alpha value is -2.53. The van der Waals surface area contributed by atoms with Gasteiger partial charge in [-0.3, -0.25) is 9.59 Å². The summed E-state index contributed by atoms with van der Waals surface area (Å²) < 4.78 is 1.16. The summed E-state index contributed by atoms with van der Waals surface area (Å²) in [4.78, 5) is 28.8. The van der Waals surface area contributed by atoms with Crippen molar-refractivity contribution in [2.75, 3.05) is 6.54 Å². The number of fused-ring (bicyclic) bond motifs is 1. The SMILES string of the molecule is Cc1ccc(C(=O)CCC(=O)NCCc2nc3ccccc3s2)cc1C. The van der Waals surface area contributed by atoms with Crippen molar-refractivity contribution in [3.63, 3.8) is 0 Å². The van der Waals surface area contributed by atoms with E-state index in [0.717, 1.165) is 26.4 Å². The molecule has 0 saturated heterocycles. The average Bonchev–Trinajstić information content (AvgIpc) is 3.04. The van der Waals surface area contributed by atoms with E-state index in [0.29, 0.717) is 18.5 Å². The number of ketones is 1. The van der Waals surface area contributed by atoms with Gasteiger partial charge in [0.05, 0.1) is 15.2 Å². The van der Waals surface area contributed by atoms with E-state index >= 15 is 0 Å². The first-order valence-electron chi connectivity index (χ1n) is 8.74. The summed E-state index contributed by atoms with van der Waals surface area (Å²) in [5, 5.41) is 3.89. The molecule has 0 fully saturated rings. The second kappa shape index (κ2) is 8.23. The third kappa shape index (κ3) is 4.55. The predicted molar refractivity (Wildman–Crippen MR) is 106 cm³/mol. The highest BCUT2D eigenvalue weighted by molar-refractivity contribution is 7.18. The van der Waals surface area contributed by atoms with Crippen LogP contribution in [0.4, 0.5) is 0 Å². The molecule has 5 heteroatoms. The molecule has 0 aliphatic rings. The van der Waals surface area contributed by atoms with Gasteiger partial charge in [0, 0.05) is 31.4 Å². The van der Waals surface area contributed by atoms with Gasteiger partial charge in [-0.05, 0) is 43.2 Å². The van der Waals surface area contributed by atoms with Crippen LogP contribution in [0.3, 0.4) is 0 Å². The molecule has 0 atom stereocenters. The number of nitrogens with zero attached hydrogens (tertiary/aromatic N) is 1. The number of nitrogens with one attached hydrogen (secondary N) is 1. The lowest BCUT2D eigenvalue weighted by molar-refractivity contribution is -0.121. The number of amides is 1. The Morgan fingerprint density at radius 3 is 2.62 bits per heavy atom. The van der Waals surface area contributed by atoms with Gasteiger partial charge in [0.15, 0.2) is 5.78 Å². The number of carbonyl (C=O) groups is 2. The van der Waals surface area contributed by atoms with E-state index in [4.69, 9.17) is 0 Å². The van der Waals surface area contributed by atoms with Crippen molar-refractivity contribution in [2.45, 2.75) is 33.1 Å². The average molecular weight is 366 g/mol. The molecule has 0 spiro atoms. The molecule has 0 aliphatic heterocycles. The highest BCUT2D eigenvalue weighted by Gasteiger charge is 2.10. The minimum absolute atomic E-state index is 0.00873. The first kappa shape index (κ1) is 18.3. The summed E-state index contributed by atoms with van der Waals surface area (Å²) in [6.45, 7) is 4.54. The topological polar surface area (TPSA) is 59.1 Å². The molecule has 0 unspecified atom stereocenters. The molecule has 1 amide bonds. The Morgan fingerprint density at radius 1 is 1.04 bits per heavy atom. The lowest BCUT2D eigenvalue weighted by Gasteiger charge is -2.06. The van der Waals surface area contributed by atoms with E-state index in [1.165, 1.54) is 0 Å². The highest BCUT2D eigenvalue weighted by atomic mass is 32.1. The van der Waals surface area contributed by atoms with Gasteiger partial charge >= 0.3 is 0 Å². The number of carbonyl (C=O) groups excluding carboxylic acids is 2. The largest absolute Gasteiger partial charge is 0.356 e. The van der Waals surface area contributed by atoms with E-state index in [9.17, 15) is 9.59 Å². The Kier molecular flexibility index (Phi) is 5.78. The summed E-state index contributed by atoms with van der Waals surface area (Å²) in [5.74, 6) is -0.0854. The number of aromatic nitrogens is 1. The van der Waals surface area contributed by atoms with Crippen molar-refractivity contribution in [3.8, 4) is 0 Å². The second-order valence-electron chi connectivity index (χ2n) is 6.40. The molecule has 0 radical (unpaired) electrons. The molecule has 0 saturated carbocycles. The summed E-state index contributed by atoms with van der Waals surface area (Å²) in [5.41, 5.74) is 3.93. The first-order valence-corrected chi connectivity index (χ1v) is 9.56. The van der Waals surface area contributed by atoms with Crippen molar-refractivity contribution < 1.29 is 9.59 Å². The minimum Gasteiger partial charge on any atom is -0.356 e. The summed E-state index contributed by atoms with van der Waals surface area (Å²) in [6, 6.07) is 13.7. The second-order valence-corrected chi connectivity index (χ2v) is 7.51. The van der Waals surface area contributed by atoms with Gasteiger partial charge < -0.3 is 5.32 Å². The number of Topliss-reactive ketones (excluding diaryl/α,β-unsaturated/α-hetero) is 1. The zero-order chi connectivity index (χ0) is 18.5. The fraction of sp³-hybridized carbons (Fsp3) is 0.286. The predicted octanol–water partition coefficient (Wildman–Crippen LogP) is 4.23. The fourth-order valence-corrected chi connectivity index (χ4v) is 3.68. The van der Waals surface area contributed by atoms with Crippen LogP contribution < -0.4 is 5.32 Å². The molecule has 1 aromatic heterocycles. The standard InChI is InChI=1S/C21H22N2O2S/c1-14-7-8-16(13-15(14)2)18(24)9-10-20(25)22-12-11-21-23-17-5-3-4-6-19(17)26-21/h3-8,13H,9-12H2,1-2H3,(H,22,25). The Labute approximate surface area is 157 Å². The summed E-state index contributed by atoms with van der Waals surface area (Å²) in [6.07, 6.45) is 1.15. The third-order valence-electron chi connectivity index (χ3n) is 4.41. The Balaban J connectivity index is 1.43. The maximum Gasteiger partial charge on any atom is 0.220 e. The number of hydrogen-bond donors (Lipinski definition) is 1. The molecule has 3 aromatic rings. The molecule has 0 aliphatic carbocycles. The van der Waals surface area contributed by atoms with Crippen molar-refractivity contribution >= 4 is 33.2 Å². The van der Waals surface area contributed by atoms with Crippen LogP contribution >= 0.6 is 11.3 Å². The molecule has 26 heavy (non-hydrogen) atoms. The lowest BCUT2D eigenvalue weighted by atomic mass is 10.0. The maximum atomic E-state index is 12.2. The molecule has 1 N–H and O–H groups in total. The van der Waals surface area contributed by atoms with Gasteiger partial charge in [-0.25, -0.2) is 4.98 Å². The van der Waals surface area contributed by atoms with Crippen molar-refractivity contribution in [1.29, 1.82) is 0 Å². The van der Waals surface area contributed by atoms with Crippen molar-refractivity contribution in [3.05, 3.63) is 64.2 Å². The number of aryl methyl sites for hydroxylation is 2. The molecule has 0 bridgehead atoms. The zero-order valence-electron chi connectivity index (χ0n) is 15.0. The third-order valence-corrected chi connectivity index (χ3v) is 5.50. The van der Waals surface area contributed by atoms with E-state index in [1.54, 1.807) is 11.3 Å². The van der Waals surface area contributed by atoms with Crippen LogP contribution in [0.15, 0.2) is 42.5 Å². The van der Waals surface area contributed by atoms with E-state index in [2.05, 4.69) is 10.3 Å².